The van der Waals surface area contributed by atoms with E-state index in [1.165, 1.54) is 11.2 Å². The molecule has 2 heterocycles. The maximum atomic E-state index is 13.0. The Morgan fingerprint density at radius 2 is 1.97 bits per heavy atom. The van der Waals surface area contributed by atoms with E-state index in [0.29, 0.717) is 29.2 Å². The van der Waals surface area contributed by atoms with Gasteiger partial charge in [0.05, 0.1) is 19.1 Å². The van der Waals surface area contributed by atoms with Gasteiger partial charge in [0.25, 0.3) is 5.91 Å². The predicted molar refractivity (Wildman–Crippen MR) is 120 cm³/mol. The van der Waals surface area contributed by atoms with Gasteiger partial charge < -0.3 is 19.2 Å². The molecule has 2 amide bonds. The molecule has 0 spiro atoms. The van der Waals surface area contributed by atoms with Crippen molar-refractivity contribution in [3.05, 3.63) is 77.7 Å². The van der Waals surface area contributed by atoms with Gasteiger partial charge in [0.15, 0.2) is 11.9 Å². The van der Waals surface area contributed by atoms with Crippen LogP contribution in [0.4, 0.5) is 5.69 Å². The molecule has 8 nitrogen and oxygen atoms in total. The molecule has 33 heavy (non-hydrogen) atoms. The monoisotopic (exact) mass is 448 g/mol. The number of carbonyl (C=O) groups excluding carboxylic acids is 3. The molecule has 1 N–H and O–H groups in total. The van der Waals surface area contributed by atoms with E-state index >= 15 is 0 Å². The molecule has 1 aliphatic heterocycles. The number of carbonyl (C=O) groups is 3. The highest BCUT2D eigenvalue weighted by atomic mass is 16.5. The molecule has 1 aliphatic rings. The molecule has 2 aromatic carbocycles. The van der Waals surface area contributed by atoms with Crippen LogP contribution in [0.5, 0.6) is 11.5 Å². The highest BCUT2D eigenvalue weighted by molar-refractivity contribution is 6.10. The van der Waals surface area contributed by atoms with Crippen LogP contribution < -0.4 is 19.7 Å². The molecule has 170 valence electrons. The third kappa shape index (κ3) is 4.74. The lowest BCUT2D eigenvalue weighted by Crippen LogP contribution is -2.49. The van der Waals surface area contributed by atoms with Crippen molar-refractivity contribution in [1.82, 2.24) is 5.32 Å². The Labute approximate surface area is 191 Å². The Bertz CT molecular complexity index is 1170. The van der Waals surface area contributed by atoms with Crippen LogP contribution in [-0.2, 0) is 16.1 Å². The maximum absolute atomic E-state index is 13.0. The van der Waals surface area contributed by atoms with Crippen molar-refractivity contribution in [2.45, 2.75) is 26.0 Å². The highest BCUT2D eigenvalue weighted by Crippen LogP contribution is 2.36. The first-order valence-corrected chi connectivity index (χ1v) is 10.6. The Hall–Kier alpha value is -4.07. The van der Waals surface area contributed by atoms with Gasteiger partial charge in [-0.2, -0.15) is 0 Å². The first-order valence-electron chi connectivity index (χ1n) is 10.6. The van der Waals surface area contributed by atoms with Crippen molar-refractivity contribution in [3.8, 4) is 11.5 Å². The Balaban J connectivity index is 1.55. The number of furan rings is 1. The Morgan fingerprint density at radius 1 is 1.12 bits per heavy atom. The summed E-state index contributed by atoms with van der Waals surface area (Å²) < 4.78 is 16.2. The van der Waals surface area contributed by atoms with Gasteiger partial charge >= 0.3 is 0 Å². The minimum Gasteiger partial charge on any atom is -0.497 e. The van der Waals surface area contributed by atoms with Crippen LogP contribution in [0.3, 0.4) is 0 Å². The first-order chi connectivity index (χ1) is 16.0. The molecule has 1 aromatic heterocycles. The fraction of sp³-hybridized carbons (Fsp3) is 0.240. The number of benzene rings is 2. The smallest absolute Gasteiger partial charge is 0.268 e. The average Bonchev–Trinajstić information content (AvgIpc) is 3.38. The number of hydrogen-bond acceptors (Lipinski definition) is 6. The maximum Gasteiger partial charge on any atom is 0.268 e. The van der Waals surface area contributed by atoms with Crippen LogP contribution in [0.15, 0.2) is 65.3 Å². The van der Waals surface area contributed by atoms with Gasteiger partial charge in [-0.3, -0.25) is 19.3 Å². The van der Waals surface area contributed by atoms with Crippen molar-refractivity contribution < 1.29 is 28.3 Å². The number of anilines is 1. The van der Waals surface area contributed by atoms with E-state index in [2.05, 4.69) is 5.32 Å². The molecule has 0 fully saturated rings. The lowest BCUT2D eigenvalue weighted by atomic mass is 10.0. The van der Waals surface area contributed by atoms with Gasteiger partial charge in [0, 0.05) is 12.1 Å². The topological polar surface area (TPSA) is 98.1 Å². The van der Waals surface area contributed by atoms with Crippen LogP contribution in [0.2, 0.25) is 0 Å². The number of rotatable bonds is 8. The number of nitrogens with one attached hydrogen (secondary N) is 1. The summed E-state index contributed by atoms with van der Waals surface area (Å²) in [4.78, 5) is 39.8. The number of ether oxygens (including phenoxy) is 2. The van der Waals surface area contributed by atoms with E-state index in [9.17, 15) is 14.4 Å². The number of ketones is 1. The van der Waals surface area contributed by atoms with Gasteiger partial charge in [-0.25, -0.2) is 0 Å². The van der Waals surface area contributed by atoms with Gasteiger partial charge in [0.2, 0.25) is 11.7 Å². The van der Waals surface area contributed by atoms with Gasteiger partial charge in [-0.15, -0.1) is 0 Å². The lowest BCUT2D eigenvalue weighted by Gasteiger charge is -2.34. The van der Waals surface area contributed by atoms with E-state index in [4.69, 9.17) is 13.9 Å². The zero-order chi connectivity index (χ0) is 23.4. The molecular weight excluding hydrogens is 424 g/mol. The SMILES string of the molecule is CCC1Oc2ccc(C(=O)c3ccco3)cc2N(CC(=O)NCc2cccc(OC)c2)C1=O. The lowest BCUT2D eigenvalue weighted by molar-refractivity contribution is -0.129. The van der Waals surface area contributed by atoms with E-state index < -0.39 is 6.10 Å². The van der Waals surface area contributed by atoms with Gasteiger partial charge in [-0.1, -0.05) is 19.1 Å². The summed E-state index contributed by atoms with van der Waals surface area (Å²) in [5, 5.41) is 2.83. The second-order valence-electron chi connectivity index (χ2n) is 7.56. The average molecular weight is 448 g/mol. The first kappa shape index (κ1) is 22.1. The van der Waals surface area contributed by atoms with Crippen LogP contribution >= 0.6 is 0 Å². The van der Waals surface area contributed by atoms with E-state index in [1.54, 1.807) is 37.4 Å². The third-order valence-electron chi connectivity index (χ3n) is 5.36. The van der Waals surface area contributed by atoms with E-state index in [-0.39, 0.29) is 36.4 Å². The summed E-state index contributed by atoms with van der Waals surface area (Å²) in [5.74, 6) is 0.333. The second-order valence-corrected chi connectivity index (χ2v) is 7.56. The molecule has 0 saturated carbocycles. The minimum absolute atomic E-state index is 0.187. The molecule has 0 radical (unpaired) electrons. The summed E-state index contributed by atoms with van der Waals surface area (Å²) >= 11 is 0. The number of fused-ring (bicyclic) bond motifs is 1. The van der Waals surface area contributed by atoms with Crippen LogP contribution in [0.25, 0.3) is 0 Å². The molecule has 0 aliphatic carbocycles. The molecule has 1 atom stereocenters. The van der Waals surface area contributed by atoms with Crippen molar-refractivity contribution in [2.75, 3.05) is 18.6 Å². The fourth-order valence-electron chi connectivity index (χ4n) is 3.62. The summed E-state index contributed by atoms with van der Waals surface area (Å²) in [6.45, 7) is 1.92. The highest BCUT2D eigenvalue weighted by Gasteiger charge is 2.35. The number of amides is 2. The quantitative estimate of drug-likeness (QED) is 0.531. The Morgan fingerprint density at radius 3 is 2.70 bits per heavy atom. The van der Waals surface area contributed by atoms with Crippen molar-refractivity contribution in [1.29, 1.82) is 0 Å². The zero-order valence-corrected chi connectivity index (χ0v) is 18.4. The second kappa shape index (κ2) is 9.60. The van der Waals surface area contributed by atoms with Crippen LogP contribution in [0, 0.1) is 0 Å². The van der Waals surface area contributed by atoms with Gasteiger partial charge in [0.1, 0.15) is 18.0 Å². The molecule has 0 saturated heterocycles. The fourth-order valence-corrected chi connectivity index (χ4v) is 3.62. The molecule has 3 aromatic rings. The van der Waals surface area contributed by atoms with Crippen molar-refractivity contribution >= 4 is 23.3 Å². The molecule has 8 heteroatoms. The largest absolute Gasteiger partial charge is 0.497 e. The molecule has 0 bridgehead atoms. The predicted octanol–water partition coefficient (Wildman–Crippen LogP) is 3.34. The molecular formula is C25H24N2O6. The third-order valence-corrected chi connectivity index (χ3v) is 5.36. The molecule has 4 rings (SSSR count). The summed E-state index contributed by atoms with van der Waals surface area (Å²) in [5.41, 5.74) is 1.57. The summed E-state index contributed by atoms with van der Waals surface area (Å²) in [6, 6.07) is 15.4. The summed E-state index contributed by atoms with van der Waals surface area (Å²) in [7, 11) is 1.58. The number of methoxy groups -OCH3 is 1. The molecule has 1 unspecified atom stereocenters. The standard InChI is InChI=1S/C25H24N2O6/c1-3-20-25(30)27(15-23(28)26-14-16-6-4-7-18(12-16)31-2)19-13-17(9-10-21(19)33-20)24(29)22-8-5-11-32-22/h4-13,20H,3,14-15H2,1-2H3,(H,26,28). The Kier molecular flexibility index (Phi) is 6.44. The van der Waals surface area contributed by atoms with Crippen molar-refractivity contribution in [2.24, 2.45) is 0 Å². The van der Waals surface area contributed by atoms with Crippen molar-refractivity contribution in [3.63, 3.8) is 0 Å². The number of hydrogen-bond donors (Lipinski definition) is 1. The number of nitrogens with zero attached hydrogens (tertiary/aromatic N) is 1. The zero-order valence-electron chi connectivity index (χ0n) is 18.4. The van der Waals surface area contributed by atoms with Crippen LogP contribution in [0.1, 0.15) is 35.0 Å². The van der Waals surface area contributed by atoms with Gasteiger partial charge in [-0.05, 0) is 54.4 Å². The normalized spacial score (nSPS) is 14.9. The van der Waals surface area contributed by atoms with E-state index in [1.807, 2.05) is 31.2 Å². The minimum atomic E-state index is -0.699. The summed E-state index contributed by atoms with van der Waals surface area (Å²) in [6.07, 6.45) is 1.17. The van der Waals surface area contributed by atoms with E-state index in [0.717, 1.165) is 5.56 Å². The van der Waals surface area contributed by atoms with Crippen LogP contribution in [-0.4, -0.2) is 37.4 Å².